The maximum Gasteiger partial charge on any atom is 0.240 e. The van der Waals surface area contributed by atoms with E-state index in [-0.39, 0.29) is 17.2 Å². The van der Waals surface area contributed by atoms with Crippen molar-refractivity contribution in [2.24, 2.45) is 0 Å². The van der Waals surface area contributed by atoms with Gasteiger partial charge in [-0.2, -0.15) is 5.10 Å². The first-order valence-electron chi connectivity index (χ1n) is 9.17. The topological polar surface area (TPSA) is 105 Å². The molecule has 0 fully saturated rings. The highest BCUT2D eigenvalue weighted by Gasteiger charge is 2.11. The van der Waals surface area contributed by atoms with Crippen LogP contribution in [0.4, 0.5) is 5.69 Å². The van der Waals surface area contributed by atoms with Gasteiger partial charge in [0.2, 0.25) is 15.9 Å². The number of nitrogens with zero attached hydrogens (tertiary/aromatic N) is 3. The number of hydrogen-bond donors (Lipinski definition) is 2. The molecule has 0 unspecified atom stereocenters. The molecule has 152 valence electrons. The summed E-state index contributed by atoms with van der Waals surface area (Å²) in [6, 6.07) is 17.7. The van der Waals surface area contributed by atoms with E-state index in [0.29, 0.717) is 5.69 Å². The highest BCUT2D eigenvalue weighted by atomic mass is 32.2. The van der Waals surface area contributed by atoms with Crippen LogP contribution in [-0.4, -0.2) is 36.0 Å². The molecule has 1 amide bonds. The van der Waals surface area contributed by atoms with Gasteiger partial charge in [-0.25, -0.2) is 22.6 Å². The monoisotopic (exact) mass is 421 g/mol. The first-order chi connectivity index (χ1) is 14.4. The summed E-state index contributed by atoms with van der Waals surface area (Å²) in [7, 11) is -2.15. The van der Waals surface area contributed by atoms with E-state index >= 15 is 0 Å². The van der Waals surface area contributed by atoms with Crippen LogP contribution in [0, 0.1) is 0 Å². The van der Waals surface area contributed by atoms with Gasteiger partial charge in [0, 0.05) is 11.9 Å². The lowest BCUT2D eigenvalue weighted by Gasteiger charge is -2.08. The predicted octanol–water partition coefficient (Wildman–Crippen LogP) is 2.49. The van der Waals surface area contributed by atoms with E-state index in [9.17, 15) is 13.2 Å². The third-order valence-electron chi connectivity index (χ3n) is 4.65. The molecule has 2 N–H and O–H groups in total. The molecule has 4 rings (SSSR count). The number of aromatic nitrogens is 3. The van der Waals surface area contributed by atoms with E-state index in [1.165, 1.54) is 25.5 Å². The average Bonchev–Trinajstić information content (AvgIpc) is 3.22. The lowest BCUT2D eigenvalue weighted by Crippen LogP contribution is -2.18. The Labute approximate surface area is 173 Å². The Hall–Kier alpha value is -3.56. The van der Waals surface area contributed by atoms with Gasteiger partial charge in [0.25, 0.3) is 0 Å². The number of sulfonamides is 1. The van der Waals surface area contributed by atoms with E-state index in [1.54, 1.807) is 16.6 Å². The van der Waals surface area contributed by atoms with Crippen LogP contribution in [0.5, 0.6) is 0 Å². The van der Waals surface area contributed by atoms with Crippen LogP contribution >= 0.6 is 0 Å². The van der Waals surface area contributed by atoms with E-state index in [0.717, 1.165) is 22.3 Å². The quantitative estimate of drug-likeness (QED) is 0.498. The second-order valence-corrected chi connectivity index (χ2v) is 8.52. The summed E-state index contributed by atoms with van der Waals surface area (Å²) in [6.45, 7) is 0. The minimum Gasteiger partial charge on any atom is -0.326 e. The Morgan fingerprint density at radius 2 is 1.73 bits per heavy atom. The summed E-state index contributed by atoms with van der Waals surface area (Å²) >= 11 is 0. The summed E-state index contributed by atoms with van der Waals surface area (Å²) in [4.78, 5) is 16.7. The molecule has 2 heterocycles. The Kier molecular flexibility index (Phi) is 5.30. The molecule has 2 aromatic heterocycles. The van der Waals surface area contributed by atoms with Crippen LogP contribution in [0.3, 0.4) is 0 Å². The summed E-state index contributed by atoms with van der Waals surface area (Å²) in [5.74, 6) is -0.183. The van der Waals surface area contributed by atoms with E-state index in [4.69, 9.17) is 0 Å². The number of rotatable bonds is 6. The van der Waals surface area contributed by atoms with Gasteiger partial charge in [0.05, 0.1) is 11.3 Å². The number of benzene rings is 2. The first kappa shape index (κ1) is 19.7. The van der Waals surface area contributed by atoms with Gasteiger partial charge in [0.15, 0.2) is 5.65 Å². The lowest BCUT2D eigenvalue weighted by atomic mass is 10.0. The molecule has 4 aromatic rings. The Morgan fingerprint density at radius 3 is 2.43 bits per heavy atom. The highest BCUT2D eigenvalue weighted by molar-refractivity contribution is 7.89. The lowest BCUT2D eigenvalue weighted by molar-refractivity contribution is -0.115. The molecule has 0 saturated carbocycles. The van der Waals surface area contributed by atoms with Crippen molar-refractivity contribution >= 4 is 27.3 Å². The van der Waals surface area contributed by atoms with Crippen LogP contribution in [0.1, 0.15) is 5.56 Å². The van der Waals surface area contributed by atoms with Gasteiger partial charge in [-0.15, -0.1) is 0 Å². The normalized spacial score (nSPS) is 11.5. The second kappa shape index (κ2) is 8.05. The van der Waals surface area contributed by atoms with Crippen LogP contribution in [0.2, 0.25) is 0 Å². The molecular formula is C21H19N5O3S. The molecule has 2 aromatic carbocycles. The SMILES string of the molecule is CNS(=O)(=O)c1ccc(NC(=O)Cc2ccc(-c3ccn4ncnc4c3)cc2)cc1. The van der Waals surface area contributed by atoms with E-state index in [2.05, 4.69) is 20.1 Å². The molecule has 8 nitrogen and oxygen atoms in total. The fraction of sp³-hybridized carbons (Fsp3) is 0.0952. The zero-order chi connectivity index (χ0) is 21.1. The van der Waals surface area contributed by atoms with Gasteiger partial charge in [-0.1, -0.05) is 24.3 Å². The van der Waals surface area contributed by atoms with Crippen molar-refractivity contribution in [3.05, 3.63) is 78.8 Å². The molecule has 0 aliphatic rings. The molecule has 0 atom stereocenters. The fourth-order valence-corrected chi connectivity index (χ4v) is 3.77. The molecule has 0 spiro atoms. The summed E-state index contributed by atoms with van der Waals surface area (Å²) in [5, 5.41) is 6.86. The number of carbonyl (C=O) groups excluding carboxylic acids is 1. The molecule has 9 heteroatoms. The van der Waals surface area contributed by atoms with Crippen molar-refractivity contribution in [1.82, 2.24) is 19.3 Å². The third-order valence-corrected chi connectivity index (χ3v) is 6.08. The van der Waals surface area contributed by atoms with Crippen LogP contribution < -0.4 is 10.0 Å². The number of hydrogen-bond acceptors (Lipinski definition) is 5. The molecule has 0 aliphatic heterocycles. The molecule has 0 radical (unpaired) electrons. The van der Waals surface area contributed by atoms with Crippen LogP contribution in [0.25, 0.3) is 16.8 Å². The molecular weight excluding hydrogens is 402 g/mol. The van der Waals surface area contributed by atoms with Crippen LogP contribution in [0.15, 0.2) is 78.1 Å². The average molecular weight is 421 g/mol. The van der Waals surface area contributed by atoms with Crippen LogP contribution in [-0.2, 0) is 21.2 Å². The molecule has 0 aliphatic carbocycles. The van der Waals surface area contributed by atoms with Gasteiger partial charge in [-0.05, 0) is 60.1 Å². The minimum absolute atomic E-state index is 0.142. The third kappa shape index (κ3) is 4.22. The molecule has 30 heavy (non-hydrogen) atoms. The zero-order valence-electron chi connectivity index (χ0n) is 16.1. The van der Waals surface area contributed by atoms with Crippen molar-refractivity contribution < 1.29 is 13.2 Å². The van der Waals surface area contributed by atoms with Crippen molar-refractivity contribution in [2.45, 2.75) is 11.3 Å². The molecule has 0 saturated heterocycles. The van der Waals surface area contributed by atoms with Crippen molar-refractivity contribution in [3.8, 4) is 11.1 Å². The maximum absolute atomic E-state index is 12.3. The number of anilines is 1. The second-order valence-electron chi connectivity index (χ2n) is 6.63. The number of carbonyl (C=O) groups is 1. The standard InChI is InChI=1S/C21H19N5O3S/c1-22-30(28,29)19-8-6-18(7-9-19)25-21(27)12-15-2-4-16(5-3-15)17-10-11-26-20(13-17)23-14-24-26/h2-11,13-14,22H,12H2,1H3,(H,25,27). The van der Waals surface area contributed by atoms with Crippen molar-refractivity contribution in [3.63, 3.8) is 0 Å². The number of amides is 1. The summed E-state index contributed by atoms with van der Waals surface area (Å²) in [6.07, 6.45) is 3.57. The number of pyridine rings is 1. The van der Waals surface area contributed by atoms with Crippen molar-refractivity contribution in [1.29, 1.82) is 0 Å². The highest BCUT2D eigenvalue weighted by Crippen LogP contribution is 2.21. The van der Waals surface area contributed by atoms with E-state index in [1.807, 2.05) is 42.6 Å². The predicted molar refractivity (Wildman–Crippen MR) is 113 cm³/mol. The summed E-state index contributed by atoms with van der Waals surface area (Å²) in [5.41, 5.74) is 4.21. The largest absolute Gasteiger partial charge is 0.326 e. The van der Waals surface area contributed by atoms with Gasteiger partial charge in [0.1, 0.15) is 6.33 Å². The van der Waals surface area contributed by atoms with Gasteiger partial charge >= 0.3 is 0 Å². The number of nitrogens with one attached hydrogen (secondary N) is 2. The Morgan fingerprint density at radius 1 is 1.00 bits per heavy atom. The smallest absolute Gasteiger partial charge is 0.240 e. The molecule has 0 bridgehead atoms. The fourth-order valence-electron chi connectivity index (χ4n) is 3.04. The summed E-state index contributed by atoms with van der Waals surface area (Å²) < 4.78 is 27.4. The Bertz CT molecular complexity index is 1300. The maximum atomic E-state index is 12.3. The zero-order valence-corrected chi connectivity index (χ0v) is 16.9. The first-order valence-corrected chi connectivity index (χ1v) is 10.6. The minimum atomic E-state index is -3.50. The number of fused-ring (bicyclic) bond motifs is 1. The van der Waals surface area contributed by atoms with Gasteiger partial charge < -0.3 is 5.32 Å². The van der Waals surface area contributed by atoms with Crippen molar-refractivity contribution in [2.75, 3.05) is 12.4 Å². The Balaban J connectivity index is 1.41. The van der Waals surface area contributed by atoms with Gasteiger partial charge in [-0.3, -0.25) is 4.79 Å². The van der Waals surface area contributed by atoms with E-state index < -0.39 is 10.0 Å².